The van der Waals surface area contributed by atoms with E-state index >= 15 is 0 Å². The molecule has 0 amide bonds. The van der Waals surface area contributed by atoms with Gasteiger partial charge in [-0.05, 0) is 41.8 Å². The number of nitrogens with two attached hydrogens (primary N) is 1. The Morgan fingerprint density at radius 1 is 0.654 bits per heavy atom. The van der Waals surface area contributed by atoms with Gasteiger partial charge in [0.25, 0.3) is 30.4 Å². The van der Waals surface area contributed by atoms with Gasteiger partial charge in [-0.15, -0.1) is 15.3 Å². The molecule has 0 unspecified atom stereocenters. The number of nitrogens with zero attached hydrogens (tertiary/aromatic N) is 4. The zero-order chi connectivity index (χ0) is 39.2. The third-order valence-corrected chi connectivity index (χ3v) is 11.2. The molecule has 0 bridgehead atoms. The van der Waals surface area contributed by atoms with Crippen LogP contribution < -0.4 is 5.73 Å². The minimum absolute atomic E-state index is 0.00427. The van der Waals surface area contributed by atoms with Gasteiger partial charge in [0, 0.05) is 12.1 Å². The SMILES string of the molecule is Nc1c(N=Nc2ccc(S(=O)(=O)CCOS(=O)(=O)O)cc2)c(S(=O)(=O)O)cc2cc(S(=O)(=O)O)c(N=Nc3cc(F)c(F)cc3S(=O)(=O)O)c(O)c12. The number of fused-ring (bicyclic) bond motifs is 1. The molecule has 0 aliphatic carbocycles. The lowest BCUT2D eigenvalue weighted by atomic mass is 10.1. The molecular weight excluding hydrogens is 813 g/mol. The van der Waals surface area contributed by atoms with Crippen molar-refractivity contribution < 1.29 is 78.4 Å². The van der Waals surface area contributed by atoms with Crippen molar-refractivity contribution in [3.05, 3.63) is 60.2 Å². The number of halogens is 2. The summed E-state index contributed by atoms with van der Waals surface area (Å²) in [5.74, 6) is -5.68. The number of nitrogen functional groups attached to an aromatic ring is 1. The lowest BCUT2D eigenvalue weighted by Gasteiger charge is -2.14. The molecule has 0 heterocycles. The maximum atomic E-state index is 13.9. The maximum absolute atomic E-state index is 13.9. The summed E-state index contributed by atoms with van der Waals surface area (Å²) in [6.07, 6.45) is 0. The van der Waals surface area contributed by atoms with E-state index < -0.39 is 129 Å². The number of benzene rings is 4. The summed E-state index contributed by atoms with van der Waals surface area (Å²) in [5.41, 5.74) is 1.71. The van der Waals surface area contributed by atoms with Gasteiger partial charge in [0.05, 0.1) is 34.0 Å². The van der Waals surface area contributed by atoms with E-state index in [-0.39, 0.29) is 22.7 Å². The largest absolute Gasteiger partial charge is 0.505 e. The number of rotatable bonds is 12. The predicted molar refractivity (Wildman–Crippen MR) is 170 cm³/mol. The highest BCUT2D eigenvalue weighted by Gasteiger charge is 2.29. The number of sulfone groups is 1. The first-order valence-corrected chi connectivity index (χ1v) is 20.4. The van der Waals surface area contributed by atoms with Crippen molar-refractivity contribution in [2.45, 2.75) is 19.6 Å². The van der Waals surface area contributed by atoms with Crippen LogP contribution in [-0.4, -0.2) is 77.8 Å². The number of phenolic OH excluding ortho intramolecular Hbond substituents is 1. The normalized spacial score (nSPS) is 13.4. The van der Waals surface area contributed by atoms with Crippen LogP contribution in [0.15, 0.2) is 88.6 Å². The van der Waals surface area contributed by atoms with Crippen molar-refractivity contribution in [3.63, 3.8) is 0 Å². The highest BCUT2D eigenvalue weighted by molar-refractivity contribution is 7.91. The molecule has 0 aromatic heterocycles. The molecule has 0 saturated heterocycles. The van der Waals surface area contributed by atoms with Crippen LogP contribution in [0, 0.1) is 11.6 Å². The second-order valence-electron chi connectivity index (χ2n) is 9.93. The minimum atomic E-state index is -5.45. The fraction of sp³-hybridized carbons (Fsp3) is 0.0833. The molecule has 0 aliphatic rings. The number of aromatic hydroxyl groups is 1. The third-order valence-electron chi connectivity index (χ3n) is 6.45. The van der Waals surface area contributed by atoms with Gasteiger partial charge >= 0.3 is 10.4 Å². The minimum Gasteiger partial charge on any atom is -0.505 e. The Labute approximate surface area is 291 Å². The number of hydrogen-bond acceptors (Lipinski definition) is 17. The number of hydrogen-bond donors (Lipinski definition) is 6. The van der Waals surface area contributed by atoms with E-state index in [2.05, 4.69) is 24.6 Å². The standard InChI is InChI=1S/C24H19F2N5O16S5/c25-14-9-16(17(10-15(14)26)49(35,36)37)29-31-23-19(51(41,42)43)8-11-7-18(50(38,39)40)22(21(27)20(11)24(23)32)30-28-12-1-3-13(4-2-12)48(33,34)6-5-47-52(44,45)46/h1-4,7-10,32H,5-6,27H2,(H,35,36,37)(H,38,39,40)(H,41,42,43)(H,44,45,46). The smallest absolute Gasteiger partial charge is 0.397 e. The quantitative estimate of drug-likeness (QED) is 0.0675. The highest BCUT2D eigenvalue weighted by atomic mass is 32.3. The van der Waals surface area contributed by atoms with E-state index in [1.165, 1.54) is 0 Å². The first-order chi connectivity index (χ1) is 23.7. The molecule has 7 N–H and O–H groups in total. The van der Waals surface area contributed by atoms with Crippen molar-refractivity contribution in [2.75, 3.05) is 18.1 Å². The number of phenols is 1. The lowest BCUT2D eigenvalue weighted by molar-refractivity contribution is 0.284. The second-order valence-corrected chi connectivity index (χ2v) is 17.3. The van der Waals surface area contributed by atoms with Crippen LogP contribution in [0.2, 0.25) is 0 Å². The zero-order valence-electron chi connectivity index (χ0n) is 24.9. The first kappa shape index (κ1) is 40.1. The Hall–Kier alpha value is -4.65. The van der Waals surface area contributed by atoms with Crippen molar-refractivity contribution >= 4 is 89.8 Å². The molecular formula is C24H19F2N5O16S5. The Bertz CT molecular complexity index is 2760. The van der Waals surface area contributed by atoms with Crippen LogP contribution in [-0.2, 0) is 54.8 Å². The van der Waals surface area contributed by atoms with Crippen LogP contribution in [0.25, 0.3) is 10.8 Å². The summed E-state index contributed by atoms with van der Waals surface area (Å²) in [6, 6.07) is 5.11. The van der Waals surface area contributed by atoms with E-state index in [4.69, 9.17) is 10.3 Å². The molecule has 0 aliphatic heterocycles. The average Bonchev–Trinajstić information content (AvgIpc) is 2.99. The summed E-state index contributed by atoms with van der Waals surface area (Å²) in [6.45, 7) is -0.930. The van der Waals surface area contributed by atoms with Crippen molar-refractivity contribution in [2.24, 2.45) is 20.5 Å². The van der Waals surface area contributed by atoms with E-state index in [0.717, 1.165) is 24.3 Å². The van der Waals surface area contributed by atoms with Gasteiger partial charge in [-0.1, -0.05) is 0 Å². The summed E-state index contributed by atoms with van der Waals surface area (Å²) in [7, 11) is -25.2. The van der Waals surface area contributed by atoms with E-state index in [0.29, 0.717) is 12.1 Å². The van der Waals surface area contributed by atoms with E-state index in [1.807, 2.05) is 0 Å². The summed E-state index contributed by atoms with van der Waals surface area (Å²) < 4.78 is 188. The van der Waals surface area contributed by atoms with Gasteiger partial charge in [-0.3, -0.25) is 18.2 Å². The molecule has 0 fully saturated rings. The van der Waals surface area contributed by atoms with Crippen LogP contribution in [0.3, 0.4) is 0 Å². The Morgan fingerprint density at radius 2 is 1.15 bits per heavy atom. The molecule has 4 rings (SSSR count). The first-order valence-electron chi connectivity index (χ1n) is 13.0. The molecule has 4 aromatic carbocycles. The molecule has 0 atom stereocenters. The van der Waals surface area contributed by atoms with Crippen molar-refractivity contribution in [1.29, 1.82) is 0 Å². The second kappa shape index (κ2) is 14.1. The molecule has 0 radical (unpaired) electrons. The molecule has 28 heteroatoms. The fourth-order valence-corrected chi connectivity index (χ4v) is 7.64. The lowest BCUT2D eigenvalue weighted by Crippen LogP contribution is -2.15. The van der Waals surface area contributed by atoms with Gasteiger partial charge < -0.3 is 10.8 Å². The molecule has 280 valence electrons. The van der Waals surface area contributed by atoms with Gasteiger partial charge in [0.15, 0.2) is 27.2 Å². The van der Waals surface area contributed by atoms with Gasteiger partial charge in [-0.25, -0.2) is 21.4 Å². The Kier molecular flexibility index (Phi) is 10.8. The predicted octanol–water partition coefficient (Wildman–Crippen LogP) is 3.57. The Morgan fingerprint density at radius 3 is 1.67 bits per heavy atom. The average molecular weight is 832 g/mol. The summed E-state index contributed by atoms with van der Waals surface area (Å²) in [4.78, 5) is -4.23. The number of azo groups is 2. The summed E-state index contributed by atoms with van der Waals surface area (Å²) in [5, 5.41) is 23.7. The van der Waals surface area contributed by atoms with Gasteiger partial charge in [-0.2, -0.15) is 38.8 Å². The molecule has 21 nitrogen and oxygen atoms in total. The number of anilines is 1. The molecule has 52 heavy (non-hydrogen) atoms. The van der Waals surface area contributed by atoms with E-state index in [9.17, 15) is 69.6 Å². The van der Waals surface area contributed by atoms with Crippen LogP contribution in [0.4, 0.5) is 37.2 Å². The molecule has 0 saturated carbocycles. The van der Waals surface area contributed by atoms with Crippen LogP contribution in [0.1, 0.15) is 0 Å². The van der Waals surface area contributed by atoms with Gasteiger partial charge in [0.1, 0.15) is 31.7 Å². The fourth-order valence-electron chi connectivity index (χ4n) is 4.21. The Balaban J connectivity index is 1.89. The maximum Gasteiger partial charge on any atom is 0.397 e. The third kappa shape index (κ3) is 9.04. The van der Waals surface area contributed by atoms with Gasteiger partial charge in [0.2, 0.25) is 0 Å². The van der Waals surface area contributed by atoms with Crippen molar-refractivity contribution in [1.82, 2.24) is 0 Å². The topological polar surface area (TPSA) is 357 Å². The van der Waals surface area contributed by atoms with E-state index in [1.54, 1.807) is 0 Å². The highest BCUT2D eigenvalue weighted by Crippen LogP contribution is 2.48. The summed E-state index contributed by atoms with van der Waals surface area (Å²) >= 11 is 0. The molecule has 4 aromatic rings. The monoisotopic (exact) mass is 831 g/mol. The van der Waals surface area contributed by atoms with Crippen LogP contribution in [0.5, 0.6) is 5.75 Å². The van der Waals surface area contributed by atoms with Crippen LogP contribution >= 0.6 is 0 Å². The van der Waals surface area contributed by atoms with Crippen molar-refractivity contribution in [3.8, 4) is 5.75 Å². The zero-order valence-corrected chi connectivity index (χ0v) is 29.0. The molecule has 0 spiro atoms.